The van der Waals surface area contributed by atoms with Crippen LogP contribution < -0.4 is 9.80 Å². The average molecular weight is 391 g/mol. The Bertz CT molecular complexity index is 1200. The molecule has 30 heavy (non-hydrogen) atoms. The molecule has 0 amide bonds. The summed E-state index contributed by atoms with van der Waals surface area (Å²) in [5, 5.41) is 0. The highest BCUT2D eigenvalue weighted by Crippen LogP contribution is 2.48. The van der Waals surface area contributed by atoms with Crippen molar-refractivity contribution in [3.05, 3.63) is 109 Å². The van der Waals surface area contributed by atoms with Crippen molar-refractivity contribution in [3.63, 3.8) is 0 Å². The van der Waals surface area contributed by atoms with Gasteiger partial charge in [0.05, 0.1) is 23.6 Å². The van der Waals surface area contributed by atoms with Gasteiger partial charge in [0.25, 0.3) is 0 Å². The van der Waals surface area contributed by atoms with Crippen molar-refractivity contribution in [2.24, 2.45) is 0 Å². The molecule has 1 aromatic heterocycles. The second-order valence-electron chi connectivity index (χ2n) is 7.71. The van der Waals surface area contributed by atoms with E-state index in [1.807, 2.05) is 12.4 Å². The van der Waals surface area contributed by atoms with E-state index in [4.69, 9.17) is 0 Å². The Morgan fingerprint density at radius 3 is 2.33 bits per heavy atom. The first-order valence-corrected chi connectivity index (χ1v) is 10.2. The summed E-state index contributed by atoms with van der Waals surface area (Å²) >= 11 is 0. The van der Waals surface area contributed by atoms with Crippen molar-refractivity contribution in [3.8, 4) is 0 Å². The summed E-state index contributed by atoms with van der Waals surface area (Å²) in [6.07, 6.45) is 12.1. The zero-order valence-corrected chi connectivity index (χ0v) is 16.7. The van der Waals surface area contributed by atoms with Crippen molar-refractivity contribution in [1.82, 2.24) is 14.9 Å². The lowest BCUT2D eigenvalue weighted by molar-refractivity contribution is 0.396. The van der Waals surface area contributed by atoms with Gasteiger partial charge in [0.1, 0.15) is 12.5 Å². The number of anilines is 3. The minimum Gasteiger partial charge on any atom is -0.343 e. The van der Waals surface area contributed by atoms with Gasteiger partial charge in [0.2, 0.25) is 0 Å². The van der Waals surface area contributed by atoms with Gasteiger partial charge in [0, 0.05) is 35.5 Å². The smallest absolute Gasteiger partial charge is 0.129 e. The number of rotatable bonds is 2. The van der Waals surface area contributed by atoms with Crippen molar-refractivity contribution in [2.75, 3.05) is 16.3 Å². The molecule has 2 aromatic carbocycles. The Labute approximate surface area is 175 Å². The maximum atomic E-state index is 4.18. The summed E-state index contributed by atoms with van der Waals surface area (Å²) in [6, 6.07) is 19.3. The van der Waals surface area contributed by atoms with Gasteiger partial charge in [-0.25, -0.2) is 9.97 Å². The van der Waals surface area contributed by atoms with Gasteiger partial charge in [-0.3, -0.25) is 0 Å². The fraction of sp³-hybridized carbons (Fsp3) is 0.120. The van der Waals surface area contributed by atoms with Gasteiger partial charge >= 0.3 is 0 Å². The average Bonchev–Trinajstić information content (AvgIpc) is 3.14. The molecule has 6 rings (SSSR count). The second kappa shape index (κ2) is 6.59. The number of aromatic nitrogens is 2. The number of benzene rings is 2. The fourth-order valence-corrected chi connectivity index (χ4v) is 4.70. The maximum Gasteiger partial charge on any atom is 0.129 e. The van der Waals surface area contributed by atoms with Crippen LogP contribution in [0.15, 0.2) is 103 Å². The van der Waals surface area contributed by atoms with E-state index < -0.39 is 0 Å². The van der Waals surface area contributed by atoms with Crippen LogP contribution in [-0.4, -0.2) is 27.6 Å². The van der Waals surface area contributed by atoms with E-state index in [0.29, 0.717) is 0 Å². The fourth-order valence-electron chi connectivity index (χ4n) is 4.70. The normalized spacial score (nSPS) is 19.4. The van der Waals surface area contributed by atoms with Crippen LogP contribution in [-0.2, 0) is 0 Å². The number of fused-ring (bicyclic) bond motifs is 4. The highest BCUT2D eigenvalue weighted by molar-refractivity contribution is 5.87. The zero-order chi connectivity index (χ0) is 20.1. The summed E-state index contributed by atoms with van der Waals surface area (Å²) in [6.45, 7) is 3.09. The number of hydrogen-bond donors (Lipinski definition) is 0. The van der Waals surface area contributed by atoms with E-state index in [0.717, 1.165) is 17.7 Å². The molecule has 1 unspecified atom stereocenters. The van der Waals surface area contributed by atoms with Crippen molar-refractivity contribution in [2.45, 2.75) is 13.1 Å². The maximum absolute atomic E-state index is 4.18. The van der Waals surface area contributed by atoms with Gasteiger partial charge in [-0.05, 0) is 48.9 Å². The van der Waals surface area contributed by atoms with Crippen LogP contribution in [0.3, 0.4) is 0 Å². The van der Waals surface area contributed by atoms with E-state index in [1.165, 1.54) is 28.5 Å². The molecule has 0 radical (unpaired) electrons. The quantitative estimate of drug-likeness (QED) is 0.620. The number of nitrogens with zero attached hydrogens (tertiary/aromatic N) is 5. The first-order chi connectivity index (χ1) is 14.8. The van der Waals surface area contributed by atoms with E-state index in [-0.39, 0.29) is 6.17 Å². The molecule has 0 saturated heterocycles. The lowest BCUT2D eigenvalue weighted by atomic mass is 10.0. The highest BCUT2D eigenvalue weighted by atomic mass is 15.5. The monoisotopic (exact) mass is 391 g/mol. The van der Waals surface area contributed by atoms with Crippen LogP contribution >= 0.6 is 0 Å². The lowest BCUT2D eigenvalue weighted by Crippen LogP contribution is -2.51. The molecule has 3 aliphatic heterocycles. The first kappa shape index (κ1) is 17.0. The molecule has 3 aromatic rings. The largest absolute Gasteiger partial charge is 0.343 e. The molecule has 3 aliphatic rings. The molecule has 146 valence electrons. The standard InChI is InChI=1S/C25H21N5/c1-18-24-13-19(20-14-26-17-27-15-20)11-12-28(24)16-25-29(18)22-9-5-6-10-23(22)30(25)21-7-3-2-4-8-21/h2-15,17,25H,16H2,1H3. The van der Waals surface area contributed by atoms with Gasteiger partial charge in [-0.2, -0.15) is 0 Å². The zero-order valence-electron chi connectivity index (χ0n) is 16.7. The molecule has 0 bridgehead atoms. The third kappa shape index (κ3) is 2.48. The third-order valence-corrected chi connectivity index (χ3v) is 6.05. The SMILES string of the molecule is CC1=C2C=C(c3cncnc3)C=CN2CC2N1c1ccccc1N2c1ccccc1. The molecule has 1 atom stereocenters. The van der Waals surface area contributed by atoms with Crippen LogP contribution in [0.5, 0.6) is 0 Å². The van der Waals surface area contributed by atoms with E-state index in [9.17, 15) is 0 Å². The third-order valence-electron chi connectivity index (χ3n) is 6.05. The molecule has 0 aliphatic carbocycles. The van der Waals surface area contributed by atoms with Gasteiger partial charge in [0.15, 0.2) is 0 Å². The number of allylic oxidation sites excluding steroid dienone is 4. The predicted octanol–water partition coefficient (Wildman–Crippen LogP) is 4.92. The van der Waals surface area contributed by atoms with Crippen LogP contribution in [0.2, 0.25) is 0 Å². The summed E-state index contributed by atoms with van der Waals surface area (Å²) < 4.78 is 0. The molecule has 0 spiro atoms. The summed E-state index contributed by atoms with van der Waals surface area (Å²) in [5.41, 5.74) is 8.35. The van der Waals surface area contributed by atoms with E-state index >= 15 is 0 Å². The lowest BCUT2D eigenvalue weighted by Gasteiger charge is -2.43. The molecule has 0 N–H and O–H groups in total. The second-order valence-corrected chi connectivity index (χ2v) is 7.71. The Hall–Kier alpha value is -3.86. The Morgan fingerprint density at radius 2 is 1.57 bits per heavy atom. The van der Waals surface area contributed by atoms with Crippen molar-refractivity contribution >= 4 is 22.6 Å². The molecule has 0 saturated carbocycles. The minimum absolute atomic E-state index is 0.202. The molecular formula is C25H21N5. The van der Waals surface area contributed by atoms with Crippen LogP contribution in [0.4, 0.5) is 17.1 Å². The van der Waals surface area contributed by atoms with Crippen molar-refractivity contribution < 1.29 is 0 Å². The first-order valence-electron chi connectivity index (χ1n) is 10.2. The minimum atomic E-state index is 0.202. The van der Waals surface area contributed by atoms with Gasteiger partial charge in [-0.1, -0.05) is 30.3 Å². The topological polar surface area (TPSA) is 35.5 Å². The molecule has 5 heteroatoms. The van der Waals surface area contributed by atoms with E-state index in [1.54, 1.807) is 6.33 Å². The van der Waals surface area contributed by atoms with Crippen LogP contribution in [0.25, 0.3) is 5.57 Å². The Balaban J connectivity index is 1.49. The van der Waals surface area contributed by atoms with Gasteiger partial charge in [-0.15, -0.1) is 0 Å². The predicted molar refractivity (Wildman–Crippen MR) is 120 cm³/mol. The Kier molecular flexibility index (Phi) is 3.74. The molecular weight excluding hydrogens is 370 g/mol. The van der Waals surface area contributed by atoms with E-state index in [2.05, 4.69) is 105 Å². The van der Waals surface area contributed by atoms with Crippen LogP contribution in [0, 0.1) is 0 Å². The highest BCUT2D eigenvalue weighted by Gasteiger charge is 2.42. The molecule has 0 fully saturated rings. The Morgan fingerprint density at radius 1 is 0.867 bits per heavy atom. The van der Waals surface area contributed by atoms with Crippen molar-refractivity contribution in [1.29, 1.82) is 0 Å². The van der Waals surface area contributed by atoms with Crippen LogP contribution in [0.1, 0.15) is 12.5 Å². The summed E-state index contributed by atoms with van der Waals surface area (Å²) in [7, 11) is 0. The summed E-state index contributed by atoms with van der Waals surface area (Å²) in [4.78, 5) is 15.6. The van der Waals surface area contributed by atoms with Gasteiger partial charge < -0.3 is 14.7 Å². The molecule has 4 heterocycles. The number of para-hydroxylation sites is 3. The number of hydrogen-bond acceptors (Lipinski definition) is 5. The summed E-state index contributed by atoms with van der Waals surface area (Å²) in [5.74, 6) is 0. The molecule has 5 nitrogen and oxygen atoms in total.